The number of phenols is 1. The molecular formula is C16H15BrN2O3. The molecule has 0 fully saturated rings. The van der Waals surface area contributed by atoms with Gasteiger partial charge >= 0.3 is 0 Å². The number of carbonyl (C=O) groups excluding carboxylic acids is 1. The summed E-state index contributed by atoms with van der Waals surface area (Å²) in [6, 6.07) is 12.0. The number of benzene rings is 2. The van der Waals surface area contributed by atoms with E-state index in [0.29, 0.717) is 23.5 Å². The van der Waals surface area contributed by atoms with E-state index in [2.05, 4.69) is 26.5 Å². The van der Waals surface area contributed by atoms with Crippen LogP contribution in [0.3, 0.4) is 0 Å². The Bertz CT molecular complexity index is 702. The summed E-state index contributed by atoms with van der Waals surface area (Å²) in [4.78, 5) is 11.9. The first-order valence-corrected chi connectivity index (χ1v) is 7.45. The highest BCUT2D eigenvalue weighted by atomic mass is 79.9. The van der Waals surface area contributed by atoms with E-state index in [1.807, 2.05) is 13.0 Å². The number of rotatable bonds is 5. The Morgan fingerprint density at radius 2 is 2.14 bits per heavy atom. The van der Waals surface area contributed by atoms with Gasteiger partial charge in [0.1, 0.15) is 0 Å². The number of aromatic hydroxyl groups is 1. The first kappa shape index (κ1) is 16.0. The largest absolute Gasteiger partial charge is 0.504 e. The Morgan fingerprint density at radius 1 is 1.36 bits per heavy atom. The highest BCUT2D eigenvalue weighted by molar-refractivity contribution is 9.10. The fraction of sp³-hybridized carbons (Fsp3) is 0.125. The summed E-state index contributed by atoms with van der Waals surface area (Å²) in [5, 5.41) is 13.9. The maximum absolute atomic E-state index is 11.9. The van der Waals surface area contributed by atoms with Crippen LogP contribution in [-0.2, 0) is 0 Å². The third kappa shape index (κ3) is 4.08. The van der Waals surface area contributed by atoms with E-state index in [9.17, 15) is 9.90 Å². The Balaban J connectivity index is 2.07. The summed E-state index contributed by atoms with van der Waals surface area (Å²) in [5.41, 5.74) is 3.35. The molecule has 0 radical (unpaired) electrons. The van der Waals surface area contributed by atoms with Gasteiger partial charge in [0.05, 0.1) is 12.8 Å². The van der Waals surface area contributed by atoms with Gasteiger partial charge < -0.3 is 9.84 Å². The summed E-state index contributed by atoms with van der Waals surface area (Å²) in [6.07, 6.45) is 1.37. The zero-order valence-corrected chi connectivity index (χ0v) is 13.5. The van der Waals surface area contributed by atoms with Crippen LogP contribution in [0.2, 0.25) is 0 Å². The first-order valence-electron chi connectivity index (χ1n) is 6.65. The fourth-order valence-electron chi connectivity index (χ4n) is 1.77. The average molecular weight is 363 g/mol. The molecule has 0 spiro atoms. The van der Waals surface area contributed by atoms with Crippen molar-refractivity contribution in [3.63, 3.8) is 0 Å². The van der Waals surface area contributed by atoms with Crippen LogP contribution in [0, 0.1) is 0 Å². The van der Waals surface area contributed by atoms with E-state index in [0.717, 1.165) is 4.47 Å². The highest BCUT2D eigenvalue weighted by Gasteiger charge is 2.07. The number of para-hydroxylation sites is 1. The molecule has 5 nitrogen and oxygen atoms in total. The topological polar surface area (TPSA) is 70.9 Å². The van der Waals surface area contributed by atoms with E-state index < -0.39 is 0 Å². The lowest BCUT2D eigenvalue weighted by Gasteiger charge is -2.07. The Hall–Kier alpha value is -2.34. The highest BCUT2D eigenvalue weighted by Crippen LogP contribution is 2.28. The van der Waals surface area contributed by atoms with Crippen molar-refractivity contribution in [3.8, 4) is 11.5 Å². The van der Waals surface area contributed by atoms with E-state index in [1.54, 1.807) is 36.4 Å². The quantitative estimate of drug-likeness (QED) is 0.633. The second kappa shape index (κ2) is 7.61. The van der Waals surface area contributed by atoms with Gasteiger partial charge in [0, 0.05) is 15.6 Å². The molecule has 0 saturated carbocycles. The minimum atomic E-state index is -0.335. The molecule has 0 aromatic heterocycles. The second-order valence-corrected chi connectivity index (χ2v) is 5.25. The van der Waals surface area contributed by atoms with Crippen molar-refractivity contribution in [2.24, 2.45) is 5.10 Å². The fourth-order valence-corrected chi connectivity index (χ4v) is 2.17. The van der Waals surface area contributed by atoms with Gasteiger partial charge in [-0.3, -0.25) is 4.79 Å². The molecule has 1 amide bonds. The van der Waals surface area contributed by atoms with Gasteiger partial charge in [0.15, 0.2) is 11.5 Å². The number of carbonyl (C=O) groups is 1. The van der Waals surface area contributed by atoms with E-state index in [1.165, 1.54) is 6.21 Å². The molecule has 0 heterocycles. The number of nitrogens with zero attached hydrogens (tertiary/aromatic N) is 1. The molecule has 2 aromatic carbocycles. The van der Waals surface area contributed by atoms with Crippen molar-refractivity contribution in [2.45, 2.75) is 6.92 Å². The Morgan fingerprint density at radius 3 is 2.86 bits per heavy atom. The Kier molecular flexibility index (Phi) is 5.55. The zero-order chi connectivity index (χ0) is 15.9. The van der Waals surface area contributed by atoms with Crippen LogP contribution in [0.15, 0.2) is 52.0 Å². The molecule has 0 bridgehead atoms. The normalized spacial score (nSPS) is 10.6. The van der Waals surface area contributed by atoms with Gasteiger partial charge in [-0.2, -0.15) is 5.10 Å². The molecule has 2 N–H and O–H groups in total. The SMILES string of the molecule is CCOc1cccc(/C=N\NC(=O)c2cccc(Br)c2)c1O. The minimum absolute atomic E-state index is 0.00944. The summed E-state index contributed by atoms with van der Waals surface area (Å²) in [5.74, 6) is 0.0348. The van der Waals surface area contributed by atoms with E-state index in [4.69, 9.17) is 4.74 Å². The number of hydrazone groups is 1. The van der Waals surface area contributed by atoms with Crippen molar-refractivity contribution >= 4 is 28.1 Å². The number of hydrogen-bond donors (Lipinski definition) is 2. The van der Waals surface area contributed by atoms with Crippen LogP contribution in [0.1, 0.15) is 22.8 Å². The maximum atomic E-state index is 11.9. The number of phenolic OH excluding ortho intramolecular Hbond substituents is 1. The summed E-state index contributed by atoms with van der Waals surface area (Å²) < 4.78 is 6.09. The van der Waals surface area contributed by atoms with Crippen LogP contribution in [0.5, 0.6) is 11.5 Å². The first-order chi connectivity index (χ1) is 10.6. The standard InChI is InChI=1S/C16H15BrN2O3/c1-2-22-14-8-4-6-12(15(14)20)10-18-19-16(21)11-5-3-7-13(17)9-11/h3-10,20H,2H2,1H3,(H,19,21)/b18-10-. The molecule has 2 aromatic rings. The Labute approximate surface area is 136 Å². The number of amides is 1. The third-order valence-corrected chi connectivity index (χ3v) is 3.28. The number of hydrogen-bond acceptors (Lipinski definition) is 4. The monoisotopic (exact) mass is 362 g/mol. The van der Waals surface area contributed by atoms with Crippen molar-refractivity contribution in [1.29, 1.82) is 0 Å². The van der Waals surface area contributed by atoms with Gasteiger partial charge in [-0.15, -0.1) is 0 Å². The van der Waals surface area contributed by atoms with E-state index in [-0.39, 0.29) is 11.7 Å². The summed E-state index contributed by atoms with van der Waals surface area (Å²) in [6.45, 7) is 2.28. The number of ether oxygens (including phenoxy) is 1. The lowest BCUT2D eigenvalue weighted by molar-refractivity contribution is 0.0955. The molecule has 6 heteroatoms. The molecular weight excluding hydrogens is 348 g/mol. The summed E-state index contributed by atoms with van der Waals surface area (Å²) in [7, 11) is 0. The second-order valence-electron chi connectivity index (χ2n) is 4.34. The van der Waals surface area contributed by atoms with Crippen LogP contribution in [-0.4, -0.2) is 23.8 Å². The molecule has 0 aliphatic heterocycles. The van der Waals surface area contributed by atoms with Crippen molar-refractivity contribution in [3.05, 3.63) is 58.1 Å². The predicted octanol–water partition coefficient (Wildman–Crippen LogP) is 3.32. The average Bonchev–Trinajstić information content (AvgIpc) is 2.51. The molecule has 0 aliphatic rings. The van der Waals surface area contributed by atoms with Gasteiger partial charge in [-0.05, 0) is 37.3 Å². The van der Waals surface area contributed by atoms with Gasteiger partial charge in [0.2, 0.25) is 0 Å². The van der Waals surface area contributed by atoms with Crippen molar-refractivity contribution in [2.75, 3.05) is 6.61 Å². The molecule has 114 valence electrons. The predicted molar refractivity (Wildman–Crippen MR) is 88.5 cm³/mol. The van der Waals surface area contributed by atoms with Crippen LogP contribution in [0.4, 0.5) is 0 Å². The summed E-state index contributed by atoms with van der Waals surface area (Å²) >= 11 is 3.30. The van der Waals surface area contributed by atoms with Crippen LogP contribution < -0.4 is 10.2 Å². The molecule has 2 rings (SSSR count). The van der Waals surface area contributed by atoms with E-state index >= 15 is 0 Å². The maximum Gasteiger partial charge on any atom is 0.271 e. The molecule has 0 atom stereocenters. The zero-order valence-electron chi connectivity index (χ0n) is 11.9. The molecule has 0 unspecified atom stereocenters. The van der Waals surface area contributed by atoms with Gasteiger partial charge in [-0.25, -0.2) is 5.43 Å². The van der Waals surface area contributed by atoms with Gasteiger partial charge in [-0.1, -0.05) is 28.1 Å². The van der Waals surface area contributed by atoms with Crippen molar-refractivity contribution < 1.29 is 14.6 Å². The lowest BCUT2D eigenvalue weighted by atomic mass is 10.2. The minimum Gasteiger partial charge on any atom is -0.504 e. The lowest BCUT2D eigenvalue weighted by Crippen LogP contribution is -2.17. The molecule has 22 heavy (non-hydrogen) atoms. The smallest absolute Gasteiger partial charge is 0.271 e. The van der Waals surface area contributed by atoms with Crippen molar-refractivity contribution in [1.82, 2.24) is 5.43 Å². The van der Waals surface area contributed by atoms with Gasteiger partial charge in [0.25, 0.3) is 5.91 Å². The number of halogens is 1. The number of nitrogens with one attached hydrogen (secondary N) is 1. The van der Waals surface area contributed by atoms with Crippen LogP contribution in [0.25, 0.3) is 0 Å². The third-order valence-electron chi connectivity index (χ3n) is 2.79. The molecule has 0 aliphatic carbocycles. The molecule has 0 saturated heterocycles. The van der Waals surface area contributed by atoms with Crippen LogP contribution >= 0.6 is 15.9 Å².